The van der Waals surface area contributed by atoms with Crippen LogP contribution in [0, 0.1) is 11.3 Å². The van der Waals surface area contributed by atoms with Gasteiger partial charge in [-0.2, -0.15) is 10.4 Å². The number of fused-ring (bicyclic) bond motifs is 1. The maximum Gasteiger partial charge on any atom is 0.139 e. The molecule has 0 amide bonds. The fraction of sp³-hybridized carbons (Fsp3) is 0.167. The van der Waals surface area contributed by atoms with E-state index in [1.54, 1.807) is 4.68 Å². The van der Waals surface area contributed by atoms with E-state index in [2.05, 4.69) is 29.4 Å². The van der Waals surface area contributed by atoms with Gasteiger partial charge in [-0.05, 0) is 24.1 Å². The number of nitrogens with two attached hydrogens (primary N) is 1. The van der Waals surface area contributed by atoms with E-state index in [0.717, 1.165) is 0 Å². The lowest BCUT2D eigenvalue weighted by atomic mass is 10.4. The number of rotatable bonds is 1. The van der Waals surface area contributed by atoms with Crippen LogP contribution in [0.15, 0.2) is 30.5 Å². The van der Waals surface area contributed by atoms with Crippen LogP contribution in [0.2, 0.25) is 0 Å². The number of anilines is 1. The van der Waals surface area contributed by atoms with Crippen LogP contribution in [0.5, 0.6) is 0 Å². The van der Waals surface area contributed by atoms with Crippen LogP contribution in [-0.4, -0.2) is 9.78 Å². The summed E-state index contributed by atoms with van der Waals surface area (Å²) in [6.45, 7) is 2.62. The SMILES string of the molecule is CCn1ncc(C#N)c1N.c1cc2cc-2c1. The lowest BCUT2D eigenvalue weighted by Gasteiger charge is -1.95. The molecule has 2 aliphatic rings. The highest BCUT2D eigenvalue weighted by Gasteiger charge is 2.07. The molecule has 1 heterocycles. The van der Waals surface area contributed by atoms with E-state index in [0.29, 0.717) is 17.9 Å². The molecule has 16 heavy (non-hydrogen) atoms. The molecule has 0 bridgehead atoms. The number of nitrogens with zero attached hydrogens (tertiary/aromatic N) is 3. The van der Waals surface area contributed by atoms with Crippen molar-refractivity contribution >= 4 is 5.82 Å². The summed E-state index contributed by atoms with van der Waals surface area (Å²) in [5.41, 5.74) is 8.80. The lowest BCUT2D eigenvalue weighted by molar-refractivity contribution is 0.670. The zero-order valence-electron chi connectivity index (χ0n) is 9.01. The first-order valence-electron chi connectivity index (χ1n) is 5.08. The summed E-state index contributed by atoms with van der Waals surface area (Å²) in [6.07, 6.45) is 1.47. The van der Waals surface area contributed by atoms with Gasteiger partial charge in [-0.3, -0.25) is 0 Å². The molecule has 0 fully saturated rings. The van der Waals surface area contributed by atoms with E-state index < -0.39 is 0 Å². The van der Waals surface area contributed by atoms with Crippen LogP contribution >= 0.6 is 0 Å². The Hall–Kier alpha value is -2.28. The second-order valence-electron chi connectivity index (χ2n) is 3.45. The predicted molar refractivity (Wildman–Crippen MR) is 62.5 cm³/mol. The van der Waals surface area contributed by atoms with Crippen LogP contribution in [0.25, 0.3) is 11.1 Å². The number of nitriles is 1. The molecule has 2 aliphatic carbocycles. The summed E-state index contributed by atoms with van der Waals surface area (Å²) in [4.78, 5) is 0. The molecule has 1 aromatic heterocycles. The molecule has 80 valence electrons. The first-order chi connectivity index (χ1) is 7.76. The Morgan fingerprint density at radius 2 is 2.12 bits per heavy atom. The third kappa shape index (κ3) is 1.89. The first kappa shape index (κ1) is 10.2. The summed E-state index contributed by atoms with van der Waals surface area (Å²) in [5.74, 6) is 0.449. The van der Waals surface area contributed by atoms with Crippen molar-refractivity contribution in [3.8, 4) is 17.2 Å². The van der Waals surface area contributed by atoms with Crippen LogP contribution < -0.4 is 5.73 Å². The minimum absolute atomic E-state index is 0.446. The number of hydrogen-bond acceptors (Lipinski definition) is 3. The Kier molecular flexibility index (Phi) is 2.61. The van der Waals surface area contributed by atoms with E-state index in [-0.39, 0.29) is 0 Å². The minimum Gasteiger partial charge on any atom is -0.383 e. The van der Waals surface area contributed by atoms with Gasteiger partial charge in [-0.1, -0.05) is 18.2 Å². The number of hydrogen-bond donors (Lipinski definition) is 1. The topological polar surface area (TPSA) is 67.6 Å². The van der Waals surface area contributed by atoms with Gasteiger partial charge < -0.3 is 5.73 Å². The van der Waals surface area contributed by atoms with Gasteiger partial charge in [0.05, 0.1) is 6.20 Å². The molecular formula is C12H12N4. The second kappa shape index (κ2) is 4.07. The van der Waals surface area contributed by atoms with Crippen LogP contribution in [0.3, 0.4) is 0 Å². The lowest BCUT2D eigenvalue weighted by Crippen LogP contribution is -2.02. The van der Waals surface area contributed by atoms with Gasteiger partial charge in [0.15, 0.2) is 0 Å². The zero-order valence-corrected chi connectivity index (χ0v) is 9.01. The normalized spacial score (nSPS) is 10.0. The molecular weight excluding hydrogens is 200 g/mol. The number of aromatic nitrogens is 2. The van der Waals surface area contributed by atoms with Gasteiger partial charge in [0.25, 0.3) is 0 Å². The van der Waals surface area contributed by atoms with Crippen molar-refractivity contribution in [3.05, 3.63) is 36.0 Å². The molecule has 2 N–H and O–H groups in total. The Morgan fingerprint density at radius 3 is 2.38 bits per heavy atom. The molecule has 0 saturated heterocycles. The molecule has 3 rings (SSSR count). The van der Waals surface area contributed by atoms with Crippen LogP contribution in [0.1, 0.15) is 12.5 Å². The molecule has 0 radical (unpaired) electrons. The van der Waals surface area contributed by atoms with E-state index >= 15 is 0 Å². The van der Waals surface area contributed by atoms with Crippen LogP contribution in [-0.2, 0) is 6.54 Å². The molecule has 0 atom stereocenters. The van der Waals surface area contributed by atoms with Gasteiger partial charge in [0, 0.05) is 6.54 Å². The predicted octanol–water partition coefficient (Wildman–Crippen LogP) is 2.02. The van der Waals surface area contributed by atoms with Crippen molar-refractivity contribution < 1.29 is 0 Å². The van der Waals surface area contributed by atoms with E-state index in [1.807, 2.05) is 13.0 Å². The van der Waals surface area contributed by atoms with Crippen molar-refractivity contribution in [2.45, 2.75) is 13.5 Å². The highest BCUT2D eigenvalue weighted by atomic mass is 15.3. The van der Waals surface area contributed by atoms with Crippen molar-refractivity contribution in [1.29, 1.82) is 5.26 Å². The maximum atomic E-state index is 8.44. The van der Waals surface area contributed by atoms with E-state index in [4.69, 9.17) is 11.0 Å². The molecule has 4 heteroatoms. The quantitative estimate of drug-likeness (QED) is 0.671. The number of benzene rings is 1. The van der Waals surface area contributed by atoms with Crippen molar-refractivity contribution in [2.24, 2.45) is 0 Å². The Bertz CT molecular complexity index is 531. The van der Waals surface area contributed by atoms with Crippen molar-refractivity contribution in [2.75, 3.05) is 5.73 Å². The molecule has 0 aromatic carbocycles. The summed E-state index contributed by atoms with van der Waals surface area (Å²) in [5, 5.41) is 12.3. The van der Waals surface area contributed by atoms with Gasteiger partial charge in [0.1, 0.15) is 17.5 Å². The monoisotopic (exact) mass is 212 g/mol. The van der Waals surface area contributed by atoms with Gasteiger partial charge in [0.2, 0.25) is 0 Å². The summed E-state index contributed by atoms with van der Waals surface area (Å²) >= 11 is 0. The van der Waals surface area contributed by atoms with E-state index in [9.17, 15) is 0 Å². The van der Waals surface area contributed by atoms with Crippen molar-refractivity contribution in [1.82, 2.24) is 9.78 Å². The third-order valence-corrected chi connectivity index (χ3v) is 2.41. The van der Waals surface area contributed by atoms with Gasteiger partial charge in [-0.25, -0.2) is 4.68 Å². The molecule has 1 aromatic rings. The Balaban J connectivity index is 0.000000134. The van der Waals surface area contributed by atoms with Crippen LogP contribution in [0.4, 0.5) is 5.82 Å². The Morgan fingerprint density at radius 1 is 1.44 bits per heavy atom. The zero-order chi connectivity index (χ0) is 11.5. The highest BCUT2D eigenvalue weighted by Crippen LogP contribution is 2.32. The average molecular weight is 212 g/mol. The smallest absolute Gasteiger partial charge is 0.139 e. The van der Waals surface area contributed by atoms with E-state index in [1.165, 1.54) is 17.3 Å². The Labute approximate surface area is 93.9 Å². The number of aryl methyl sites for hydroxylation is 1. The highest BCUT2D eigenvalue weighted by molar-refractivity contribution is 5.80. The number of nitrogen functional groups attached to an aromatic ring is 1. The summed E-state index contributed by atoms with van der Waals surface area (Å²) < 4.78 is 1.58. The van der Waals surface area contributed by atoms with Gasteiger partial charge in [-0.15, -0.1) is 0 Å². The third-order valence-electron chi connectivity index (χ3n) is 2.41. The summed E-state index contributed by atoms with van der Waals surface area (Å²) in [7, 11) is 0. The molecule has 0 unspecified atom stereocenters. The standard InChI is InChI=1S/C6H8N4.C6H4/c1-2-10-6(8)5(3-7)4-9-10;1-2-5-4-6(5)3-1/h4H,2,8H2,1H3;1-4H. The molecule has 0 saturated carbocycles. The van der Waals surface area contributed by atoms with Crippen molar-refractivity contribution in [3.63, 3.8) is 0 Å². The fourth-order valence-electron chi connectivity index (χ4n) is 1.41. The molecule has 0 spiro atoms. The fourth-order valence-corrected chi connectivity index (χ4v) is 1.41. The second-order valence-corrected chi connectivity index (χ2v) is 3.45. The maximum absolute atomic E-state index is 8.44. The first-order valence-corrected chi connectivity index (χ1v) is 5.08. The molecule has 4 nitrogen and oxygen atoms in total. The average Bonchev–Trinajstić information content (AvgIpc) is 2.75. The van der Waals surface area contributed by atoms with Gasteiger partial charge >= 0.3 is 0 Å². The molecule has 0 aliphatic heterocycles. The summed E-state index contributed by atoms with van der Waals surface area (Å²) in [6, 6.07) is 10.4. The minimum atomic E-state index is 0.446. The largest absolute Gasteiger partial charge is 0.383 e.